The number of esters is 1. The van der Waals surface area contributed by atoms with Crippen LogP contribution in [0.5, 0.6) is 0 Å². The summed E-state index contributed by atoms with van der Waals surface area (Å²) in [6, 6.07) is 0. The van der Waals surface area contributed by atoms with E-state index >= 15 is 0 Å². The number of aliphatic hydroxyl groups excluding tert-OH is 11. The van der Waals surface area contributed by atoms with Crippen LogP contribution in [0.1, 0.15) is 106 Å². The number of aliphatic hydroxyl groups is 11. The topological polar surface area (TPSA) is 332 Å². The molecule has 0 bridgehead atoms. The highest BCUT2D eigenvalue weighted by atomic mass is 16.8. The molecule has 68 heavy (non-hydrogen) atoms. The van der Waals surface area contributed by atoms with Gasteiger partial charge in [0.25, 0.3) is 0 Å². The highest BCUT2D eigenvalue weighted by Gasteiger charge is 2.71. The van der Waals surface area contributed by atoms with E-state index in [-0.39, 0.29) is 22.7 Å². The summed E-state index contributed by atoms with van der Waals surface area (Å²) in [7, 11) is 0. The van der Waals surface area contributed by atoms with E-state index in [0.717, 1.165) is 18.4 Å². The molecule has 3 saturated heterocycles. The van der Waals surface area contributed by atoms with Gasteiger partial charge in [-0.25, -0.2) is 4.79 Å². The van der Waals surface area contributed by atoms with Gasteiger partial charge < -0.3 is 89.7 Å². The van der Waals surface area contributed by atoms with Crippen LogP contribution in [0.15, 0.2) is 11.6 Å². The van der Waals surface area contributed by atoms with Gasteiger partial charge in [-0.3, -0.25) is 4.79 Å². The summed E-state index contributed by atoms with van der Waals surface area (Å²) in [6.45, 7) is 13.6. The Bertz CT molecular complexity index is 1910. The molecule has 0 amide bonds. The minimum absolute atomic E-state index is 0.0277. The first-order chi connectivity index (χ1) is 31.7. The number of carboxylic acids is 1. The lowest BCUT2D eigenvalue weighted by Crippen LogP contribution is -2.68. The smallest absolute Gasteiger partial charge is 0.335 e. The summed E-state index contributed by atoms with van der Waals surface area (Å²) in [4.78, 5) is 27.0. The van der Waals surface area contributed by atoms with Crippen LogP contribution < -0.4 is 0 Å². The Labute approximate surface area is 396 Å². The van der Waals surface area contributed by atoms with Crippen LogP contribution in [-0.2, 0) is 38.0 Å². The van der Waals surface area contributed by atoms with E-state index in [9.17, 15) is 70.9 Å². The number of rotatable bonds is 9. The molecule has 0 radical (unpaired) electrons. The lowest BCUT2D eigenvalue weighted by Gasteiger charge is -2.71. The maximum atomic E-state index is 14.7. The third-order valence-corrected chi connectivity index (χ3v) is 19.5. The lowest BCUT2D eigenvalue weighted by atomic mass is 9.33. The van der Waals surface area contributed by atoms with Crippen molar-refractivity contribution in [2.75, 3.05) is 13.2 Å². The van der Waals surface area contributed by atoms with Crippen molar-refractivity contribution in [3.63, 3.8) is 0 Å². The second-order valence-corrected chi connectivity index (χ2v) is 23.5. The summed E-state index contributed by atoms with van der Waals surface area (Å²) >= 11 is 0. The first-order valence-electron chi connectivity index (χ1n) is 24.4. The number of carbonyl (C=O) groups excluding carboxylic acids is 1. The Hall–Kier alpha value is -1.96. The molecule has 0 aromatic rings. The van der Waals surface area contributed by atoms with Crippen molar-refractivity contribution in [1.82, 2.24) is 0 Å². The number of aliphatic carboxylic acids is 1. The molecular formula is C48H76O20. The minimum Gasteiger partial charge on any atom is -0.479 e. The molecule has 24 atom stereocenters. The van der Waals surface area contributed by atoms with E-state index in [2.05, 4.69) is 40.7 Å². The molecule has 20 heteroatoms. The Balaban J connectivity index is 1.06. The molecule has 0 aromatic carbocycles. The number of hydrogen-bond donors (Lipinski definition) is 12. The number of hydrogen-bond acceptors (Lipinski definition) is 19. The average molecular weight is 973 g/mol. The molecule has 20 nitrogen and oxygen atoms in total. The second kappa shape index (κ2) is 18.2. The van der Waals surface area contributed by atoms with Crippen LogP contribution in [-0.4, -0.2) is 191 Å². The molecule has 8 rings (SSSR count). The number of fused-ring (bicyclic) bond motifs is 7. The third-order valence-electron chi connectivity index (χ3n) is 19.5. The fourth-order valence-corrected chi connectivity index (χ4v) is 15.0. The molecule has 7 fully saturated rings. The van der Waals surface area contributed by atoms with Crippen LogP contribution >= 0.6 is 0 Å². The molecule has 3 heterocycles. The zero-order valence-corrected chi connectivity index (χ0v) is 40.0. The second-order valence-electron chi connectivity index (χ2n) is 23.5. The molecule has 5 aliphatic carbocycles. The van der Waals surface area contributed by atoms with Gasteiger partial charge in [-0.05, 0) is 96.7 Å². The Kier molecular flexibility index (Phi) is 14.0. The zero-order valence-electron chi connectivity index (χ0n) is 40.0. The lowest BCUT2D eigenvalue weighted by molar-refractivity contribution is -0.374. The monoisotopic (exact) mass is 972 g/mol. The summed E-state index contributed by atoms with van der Waals surface area (Å²) in [5.41, 5.74) is -2.49. The Morgan fingerprint density at radius 1 is 0.632 bits per heavy atom. The Morgan fingerprint density at radius 2 is 1.22 bits per heavy atom. The van der Waals surface area contributed by atoms with Crippen LogP contribution in [0.25, 0.3) is 0 Å². The van der Waals surface area contributed by atoms with Gasteiger partial charge in [-0.2, -0.15) is 0 Å². The van der Waals surface area contributed by atoms with Crippen molar-refractivity contribution in [1.29, 1.82) is 0 Å². The molecular weight excluding hydrogens is 897 g/mol. The van der Waals surface area contributed by atoms with E-state index < -0.39 is 157 Å². The van der Waals surface area contributed by atoms with Gasteiger partial charge in [0.05, 0.1) is 30.8 Å². The van der Waals surface area contributed by atoms with Crippen molar-refractivity contribution >= 4 is 11.9 Å². The minimum atomic E-state index is -2.00. The van der Waals surface area contributed by atoms with E-state index in [0.29, 0.717) is 44.9 Å². The van der Waals surface area contributed by atoms with E-state index in [1.807, 2.05) is 13.8 Å². The van der Waals surface area contributed by atoms with Crippen LogP contribution in [0.2, 0.25) is 0 Å². The predicted octanol–water partition coefficient (Wildman–Crippen LogP) is -0.796. The molecule has 0 aromatic heterocycles. The zero-order chi connectivity index (χ0) is 50.0. The van der Waals surface area contributed by atoms with Crippen molar-refractivity contribution in [3.05, 3.63) is 11.6 Å². The fourth-order valence-electron chi connectivity index (χ4n) is 15.0. The van der Waals surface area contributed by atoms with Gasteiger partial charge in [0.1, 0.15) is 67.1 Å². The summed E-state index contributed by atoms with van der Waals surface area (Å²) in [6.07, 6.45) is -19.9. The first kappa shape index (κ1) is 52.4. The molecule has 12 N–H and O–H groups in total. The quantitative estimate of drug-likeness (QED) is 0.0765. The third kappa shape index (κ3) is 7.85. The Morgan fingerprint density at radius 3 is 1.82 bits per heavy atom. The van der Waals surface area contributed by atoms with Crippen molar-refractivity contribution in [3.8, 4) is 0 Å². The van der Waals surface area contributed by atoms with Crippen LogP contribution in [0.4, 0.5) is 0 Å². The maximum Gasteiger partial charge on any atom is 0.335 e. The number of ether oxygens (including phenoxy) is 6. The van der Waals surface area contributed by atoms with Crippen molar-refractivity contribution in [2.45, 2.75) is 211 Å². The number of carboxylic acid groups (broad SMARTS) is 1. The van der Waals surface area contributed by atoms with E-state index in [1.165, 1.54) is 0 Å². The number of allylic oxidation sites excluding steroid dienone is 1. The molecule has 388 valence electrons. The predicted molar refractivity (Wildman–Crippen MR) is 232 cm³/mol. The maximum absolute atomic E-state index is 14.7. The van der Waals surface area contributed by atoms with E-state index in [1.54, 1.807) is 0 Å². The molecule has 3 aliphatic heterocycles. The first-order valence-corrected chi connectivity index (χ1v) is 24.4. The normalized spacial score (nSPS) is 53.1. The van der Waals surface area contributed by atoms with Gasteiger partial charge in [-0.1, -0.05) is 60.1 Å². The molecule has 0 spiro atoms. The van der Waals surface area contributed by atoms with Crippen molar-refractivity contribution in [2.24, 2.45) is 50.2 Å². The SMILES string of the molecule is CC1(C)CC[C@@]2(C(=O)O[C@@H]3O[C@H](CO)[C@H](O)[C@H](O)[C@H]3O)CC[C@]3(C)C(=CC[C@@H]4[C@@]5(C)CC[C@@H](O[C@@H]6O[C@@H](C(=O)O)[C@H](O)[C@H](O)[C@@H]6O[C@@H]6O[C@H](CO)[C@H](O)[C@H](O)[C@H]6O)C(C)(C)[C@@H]5CC[C@]43C)[C@H]2[C@H]1O. The fraction of sp³-hybridized carbons (Fsp3) is 0.917. The van der Waals surface area contributed by atoms with Gasteiger partial charge in [-0.15, -0.1) is 0 Å². The molecule has 4 saturated carbocycles. The van der Waals surface area contributed by atoms with Crippen LogP contribution in [0, 0.1) is 50.2 Å². The summed E-state index contributed by atoms with van der Waals surface area (Å²) in [5, 5.41) is 128. The highest BCUT2D eigenvalue weighted by molar-refractivity contribution is 5.79. The van der Waals surface area contributed by atoms with Gasteiger partial charge in [0.2, 0.25) is 6.29 Å². The summed E-state index contributed by atoms with van der Waals surface area (Å²) < 4.78 is 35.5. The standard InChI is InChI=1S/C48H76O20/c1-43(2)14-16-48(42(62)68-40-34(58)30(54)28(52)22(19-50)64-40)17-15-46(6)20(26(48)37(43)59)8-9-24-45(5)12-11-25(44(3,4)23(45)10-13-47(24,46)7)65-41-36(32(56)31(55)35(66-41)38(60)61)67-39-33(57)29(53)27(51)21(18-49)63-39/h8,21-37,39-41,49-59H,9-19H2,1-7H3,(H,60,61)/t21-,22-,23+,24-,25-,26+,27+,28+,29+,30+,31-,32+,33-,34-,35-,36+,37-,39+,40+,41-,45+,46-,47-,48-/m1/s1. The summed E-state index contributed by atoms with van der Waals surface area (Å²) in [5.74, 6) is -2.74. The van der Waals surface area contributed by atoms with Crippen molar-refractivity contribution < 1.29 is 99.3 Å². The van der Waals surface area contributed by atoms with E-state index in [4.69, 9.17) is 28.4 Å². The van der Waals surface area contributed by atoms with Gasteiger partial charge >= 0.3 is 11.9 Å². The average Bonchev–Trinajstić information content (AvgIpc) is 3.28. The molecule has 0 unspecified atom stereocenters. The largest absolute Gasteiger partial charge is 0.479 e. The molecule has 8 aliphatic rings. The number of carbonyl (C=O) groups is 2. The highest BCUT2D eigenvalue weighted by Crippen LogP contribution is 2.76. The van der Waals surface area contributed by atoms with Gasteiger partial charge in [0.15, 0.2) is 18.7 Å². The van der Waals surface area contributed by atoms with Crippen LogP contribution in [0.3, 0.4) is 0 Å². The van der Waals surface area contributed by atoms with Gasteiger partial charge in [0, 0.05) is 5.92 Å².